The Hall–Kier alpha value is -2.16. The molecule has 1 aliphatic rings. The Balaban J connectivity index is 1.88. The van der Waals surface area contributed by atoms with Gasteiger partial charge >= 0.3 is 0 Å². The van der Waals surface area contributed by atoms with E-state index in [1.54, 1.807) is 30.0 Å². The molecule has 2 nitrogen and oxygen atoms in total. The van der Waals surface area contributed by atoms with Gasteiger partial charge in [0.2, 0.25) is 0 Å². The zero-order valence-corrected chi connectivity index (χ0v) is 11.4. The summed E-state index contributed by atoms with van der Waals surface area (Å²) < 4.78 is 14.1. The molecule has 0 radical (unpaired) electrons. The van der Waals surface area contributed by atoms with E-state index in [-0.39, 0.29) is 11.5 Å². The van der Waals surface area contributed by atoms with E-state index in [1.807, 2.05) is 18.2 Å². The Bertz CT molecular complexity index is 666. The summed E-state index contributed by atoms with van der Waals surface area (Å²) in [7, 11) is 0. The molecule has 3 rings (SSSR count). The molecule has 0 spiro atoms. The first-order valence-electron chi connectivity index (χ1n) is 6.78. The summed E-state index contributed by atoms with van der Waals surface area (Å²) in [5.41, 5.74) is 3.11. The molecule has 0 aliphatic carbocycles. The summed E-state index contributed by atoms with van der Waals surface area (Å²) in [4.78, 5) is 14.2. The van der Waals surface area contributed by atoms with Crippen molar-refractivity contribution < 1.29 is 9.18 Å². The molecular weight excluding hydrogens is 253 g/mol. The summed E-state index contributed by atoms with van der Waals surface area (Å²) in [5.74, 6) is -0.628. The van der Waals surface area contributed by atoms with E-state index < -0.39 is 5.82 Å². The number of hydrogen-bond donors (Lipinski definition) is 0. The second-order valence-corrected chi connectivity index (χ2v) is 5.18. The predicted molar refractivity (Wildman–Crippen MR) is 76.0 cm³/mol. The van der Waals surface area contributed by atoms with Crippen LogP contribution in [0.4, 0.5) is 4.39 Å². The minimum atomic E-state index is -0.406. The number of hydrogen-bond acceptors (Lipinski definition) is 1. The van der Waals surface area contributed by atoms with Gasteiger partial charge in [-0.2, -0.15) is 0 Å². The lowest BCUT2D eigenvalue weighted by Gasteiger charge is -2.29. The fraction of sp³-hybridized carbons (Fsp3) is 0.235. The average molecular weight is 269 g/mol. The number of benzene rings is 2. The first kappa shape index (κ1) is 12.9. The number of carbonyl (C=O) groups is 1. The van der Waals surface area contributed by atoms with Crippen LogP contribution in [0.1, 0.15) is 27.0 Å². The SMILES string of the molecule is Cc1cccc(C(=O)N2CCc3ccccc3C2)c1F. The lowest BCUT2D eigenvalue weighted by atomic mass is 9.99. The van der Waals surface area contributed by atoms with Gasteiger partial charge in [-0.3, -0.25) is 4.79 Å². The molecule has 1 aliphatic heterocycles. The first-order valence-corrected chi connectivity index (χ1v) is 6.78. The zero-order chi connectivity index (χ0) is 14.1. The van der Waals surface area contributed by atoms with Crippen LogP contribution in [0.5, 0.6) is 0 Å². The highest BCUT2D eigenvalue weighted by Gasteiger charge is 2.23. The fourth-order valence-electron chi connectivity index (χ4n) is 2.65. The van der Waals surface area contributed by atoms with E-state index in [2.05, 4.69) is 6.07 Å². The number of rotatable bonds is 1. The summed E-state index contributed by atoms with van der Waals surface area (Å²) in [5, 5.41) is 0. The quantitative estimate of drug-likeness (QED) is 0.777. The van der Waals surface area contributed by atoms with Gasteiger partial charge < -0.3 is 4.90 Å². The molecule has 0 saturated carbocycles. The summed E-state index contributed by atoms with van der Waals surface area (Å²) in [6.45, 7) is 2.88. The van der Waals surface area contributed by atoms with Crippen molar-refractivity contribution >= 4 is 5.91 Å². The molecule has 0 fully saturated rings. The molecule has 0 atom stereocenters. The largest absolute Gasteiger partial charge is 0.334 e. The molecule has 2 aromatic rings. The molecule has 0 aromatic heterocycles. The number of aryl methyl sites for hydroxylation is 1. The van der Waals surface area contributed by atoms with Crippen LogP contribution in [0, 0.1) is 12.7 Å². The molecule has 0 unspecified atom stereocenters. The van der Waals surface area contributed by atoms with Crippen molar-refractivity contribution in [3.8, 4) is 0 Å². The van der Waals surface area contributed by atoms with Gasteiger partial charge in [-0.15, -0.1) is 0 Å². The van der Waals surface area contributed by atoms with Gasteiger partial charge in [0, 0.05) is 13.1 Å². The lowest BCUT2D eigenvalue weighted by molar-refractivity contribution is 0.0729. The summed E-state index contributed by atoms with van der Waals surface area (Å²) in [6.07, 6.45) is 0.829. The van der Waals surface area contributed by atoms with E-state index >= 15 is 0 Å². The van der Waals surface area contributed by atoms with Crippen molar-refractivity contribution in [3.63, 3.8) is 0 Å². The number of carbonyl (C=O) groups excluding carboxylic acids is 1. The Morgan fingerprint density at radius 1 is 1.10 bits per heavy atom. The van der Waals surface area contributed by atoms with Crippen molar-refractivity contribution in [3.05, 3.63) is 70.5 Å². The highest BCUT2D eigenvalue weighted by Crippen LogP contribution is 2.21. The predicted octanol–water partition coefficient (Wildman–Crippen LogP) is 3.33. The Kier molecular flexibility index (Phi) is 3.26. The van der Waals surface area contributed by atoms with E-state index in [0.29, 0.717) is 18.7 Å². The third-order valence-corrected chi connectivity index (χ3v) is 3.84. The first-order chi connectivity index (χ1) is 9.66. The minimum absolute atomic E-state index is 0.171. The van der Waals surface area contributed by atoms with Crippen LogP contribution in [0.2, 0.25) is 0 Å². The third-order valence-electron chi connectivity index (χ3n) is 3.84. The molecule has 0 bridgehead atoms. The molecule has 1 heterocycles. The molecule has 2 aromatic carbocycles. The van der Waals surface area contributed by atoms with Crippen molar-refractivity contribution in [2.75, 3.05) is 6.54 Å². The topological polar surface area (TPSA) is 20.3 Å². The number of nitrogens with zero attached hydrogens (tertiary/aromatic N) is 1. The number of amides is 1. The molecule has 3 heteroatoms. The van der Waals surface area contributed by atoms with Crippen LogP contribution in [0.3, 0.4) is 0 Å². The van der Waals surface area contributed by atoms with E-state index in [1.165, 1.54) is 5.56 Å². The normalized spacial score (nSPS) is 14.0. The Morgan fingerprint density at radius 3 is 2.65 bits per heavy atom. The summed E-state index contributed by atoms with van der Waals surface area (Å²) in [6, 6.07) is 13.1. The van der Waals surface area contributed by atoms with Crippen LogP contribution >= 0.6 is 0 Å². The Labute approximate surface area is 117 Å². The van der Waals surface area contributed by atoms with E-state index in [4.69, 9.17) is 0 Å². The molecule has 102 valence electrons. The smallest absolute Gasteiger partial charge is 0.257 e. The second kappa shape index (κ2) is 5.08. The molecule has 1 amide bonds. The molecule has 0 N–H and O–H groups in total. The lowest BCUT2D eigenvalue weighted by Crippen LogP contribution is -2.36. The van der Waals surface area contributed by atoms with Crippen molar-refractivity contribution in [1.29, 1.82) is 0 Å². The standard InChI is InChI=1S/C17H16FNO/c1-12-5-4-8-15(16(12)18)17(20)19-10-9-13-6-2-3-7-14(13)11-19/h2-8H,9-11H2,1H3. The van der Waals surface area contributed by atoms with Gasteiger partial charge in [0.05, 0.1) is 5.56 Å². The maximum absolute atomic E-state index is 14.1. The molecular formula is C17H16FNO. The molecule has 0 saturated heterocycles. The number of halogens is 1. The maximum Gasteiger partial charge on any atom is 0.257 e. The van der Waals surface area contributed by atoms with Gasteiger partial charge in [0.1, 0.15) is 5.82 Å². The average Bonchev–Trinajstić information content (AvgIpc) is 2.49. The minimum Gasteiger partial charge on any atom is -0.334 e. The fourth-order valence-corrected chi connectivity index (χ4v) is 2.65. The van der Waals surface area contributed by atoms with Gasteiger partial charge in [-0.25, -0.2) is 4.39 Å². The van der Waals surface area contributed by atoms with E-state index in [0.717, 1.165) is 12.0 Å². The van der Waals surface area contributed by atoms with E-state index in [9.17, 15) is 9.18 Å². The second-order valence-electron chi connectivity index (χ2n) is 5.18. The van der Waals surface area contributed by atoms with Crippen molar-refractivity contribution in [2.45, 2.75) is 19.9 Å². The van der Waals surface area contributed by atoms with Crippen LogP contribution in [-0.2, 0) is 13.0 Å². The zero-order valence-electron chi connectivity index (χ0n) is 11.4. The molecule has 20 heavy (non-hydrogen) atoms. The summed E-state index contributed by atoms with van der Waals surface area (Å²) >= 11 is 0. The third kappa shape index (κ3) is 2.20. The van der Waals surface area contributed by atoms with Gasteiger partial charge in [0.15, 0.2) is 0 Å². The van der Waals surface area contributed by atoms with Gasteiger partial charge in [-0.1, -0.05) is 36.4 Å². The Morgan fingerprint density at radius 2 is 1.85 bits per heavy atom. The number of fused-ring (bicyclic) bond motifs is 1. The van der Waals surface area contributed by atoms with Crippen molar-refractivity contribution in [2.24, 2.45) is 0 Å². The van der Waals surface area contributed by atoms with Crippen LogP contribution in [-0.4, -0.2) is 17.4 Å². The van der Waals surface area contributed by atoms with Crippen LogP contribution < -0.4 is 0 Å². The van der Waals surface area contributed by atoms with Crippen LogP contribution in [0.25, 0.3) is 0 Å². The highest BCUT2D eigenvalue weighted by atomic mass is 19.1. The monoisotopic (exact) mass is 269 g/mol. The highest BCUT2D eigenvalue weighted by molar-refractivity contribution is 5.94. The van der Waals surface area contributed by atoms with Crippen LogP contribution in [0.15, 0.2) is 42.5 Å². The van der Waals surface area contributed by atoms with Gasteiger partial charge in [-0.05, 0) is 36.1 Å². The maximum atomic E-state index is 14.1. The van der Waals surface area contributed by atoms with Gasteiger partial charge in [0.25, 0.3) is 5.91 Å². The van der Waals surface area contributed by atoms with Crippen molar-refractivity contribution in [1.82, 2.24) is 4.90 Å².